The SMILES string of the molecule is Cc1cc[c-]c(-c2[c-]cccc2)c1-c1c2ccc3ccccc3c2nc[n+]1C.[B].[Y]. The van der Waals surface area contributed by atoms with Crippen LogP contribution in [0.5, 0.6) is 0 Å². The summed E-state index contributed by atoms with van der Waals surface area (Å²) in [5.74, 6) is 0. The Hall–Kier alpha value is -2.35. The van der Waals surface area contributed by atoms with Crippen LogP contribution in [0.15, 0.2) is 79.1 Å². The fourth-order valence-corrected chi connectivity index (χ4v) is 3.96. The van der Waals surface area contributed by atoms with Crippen molar-refractivity contribution in [2.45, 2.75) is 6.92 Å². The monoisotopic (exact) mass is 459 g/mol. The van der Waals surface area contributed by atoms with Gasteiger partial charge in [0.05, 0.1) is 18.1 Å². The maximum atomic E-state index is 4.77. The van der Waals surface area contributed by atoms with Gasteiger partial charge in [0.15, 0.2) is 5.52 Å². The van der Waals surface area contributed by atoms with Crippen LogP contribution in [0.3, 0.4) is 0 Å². The van der Waals surface area contributed by atoms with E-state index in [9.17, 15) is 0 Å². The van der Waals surface area contributed by atoms with E-state index in [1.54, 1.807) is 0 Å². The van der Waals surface area contributed by atoms with Gasteiger partial charge in [0.25, 0.3) is 6.33 Å². The van der Waals surface area contributed by atoms with Crippen molar-refractivity contribution in [3.05, 3.63) is 96.8 Å². The first-order valence-electron chi connectivity index (χ1n) is 9.39. The van der Waals surface area contributed by atoms with Crippen LogP contribution in [0.1, 0.15) is 5.56 Å². The smallest absolute Gasteiger partial charge is 0.241 e. The Morgan fingerprint density at radius 2 is 1.63 bits per heavy atom. The van der Waals surface area contributed by atoms with E-state index < -0.39 is 0 Å². The van der Waals surface area contributed by atoms with Gasteiger partial charge in [-0.15, -0.1) is 17.7 Å². The van der Waals surface area contributed by atoms with Crippen LogP contribution in [0.2, 0.25) is 0 Å². The Kier molecular flexibility index (Phi) is 6.85. The summed E-state index contributed by atoms with van der Waals surface area (Å²) in [7, 11) is 2.06. The van der Waals surface area contributed by atoms with Gasteiger partial charge in [-0.25, -0.2) is 15.7 Å². The van der Waals surface area contributed by atoms with E-state index in [0.29, 0.717) is 0 Å². The van der Waals surface area contributed by atoms with Crippen molar-refractivity contribution in [3.8, 4) is 22.4 Å². The molecule has 0 saturated heterocycles. The van der Waals surface area contributed by atoms with Gasteiger partial charge in [-0.2, -0.15) is 36.4 Å². The second-order valence-electron chi connectivity index (χ2n) is 7.07. The Morgan fingerprint density at radius 3 is 2.43 bits per heavy atom. The van der Waals surface area contributed by atoms with E-state index in [-0.39, 0.29) is 41.1 Å². The first-order valence-corrected chi connectivity index (χ1v) is 9.39. The number of benzene rings is 4. The van der Waals surface area contributed by atoms with Crippen LogP contribution in [-0.4, -0.2) is 13.4 Å². The number of nitrogens with zero attached hydrogens (tertiary/aromatic N) is 2. The number of rotatable bonds is 2. The van der Waals surface area contributed by atoms with E-state index in [1.807, 2.05) is 30.6 Å². The first-order chi connectivity index (χ1) is 13.7. The molecule has 5 rings (SSSR count). The number of hydrogen-bond acceptors (Lipinski definition) is 1. The van der Waals surface area contributed by atoms with Gasteiger partial charge >= 0.3 is 0 Å². The van der Waals surface area contributed by atoms with Gasteiger partial charge in [0, 0.05) is 46.5 Å². The normalized spacial score (nSPS) is 10.5. The average molecular weight is 459 g/mol. The van der Waals surface area contributed by atoms with Crippen LogP contribution in [0.25, 0.3) is 44.1 Å². The summed E-state index contributed by atoms with van der Waals surface area (Å²) in [6.45, 7) is 2.16. The molecule has 0 bridgehead atoms. The fraction of sp³-hybridized carbons (Fsp3) is 0.0769. The molecule has 0 aliphatic heterocycles. The molecule has 1 heterocycles. The summed E-state index contributed by atoms with van der Waals surface area (Å²) >= 11 is 0. The third kappa shape index (κ3) is 3.73. The molecule has 0 saturated carbocycles. The average Bonchev–Trinajstić information content (AvgIpc) is 2.74. The summed E-state index contributed by atoms with van der Waals surface area (Å²) < 4.78 is 2.11. The molecule has 4 radical (unpaired) electrons. The van der Waals surface area contributed by atoms with Crippen LogP contribution in [0.4, 0.5) is 0 Å². The number of aromatic nitrogens is 2. The second-order valence-corrected chi connectivity index (χ2v) is 7.07. The Morgan fingerprint density at radius 1 is 0.833 bits per heavy atom. The minimum atomic E-state index is 0. The van der Waals surface area contributed by atoms with E-state index in [2.05, 4.69) is 79.2 Å². The van der Waals surface area contributed by atoms with Crippen molar-refractivity contribution in [3.63, 3.8) is 0 Å². The third-order valence-corrected chi connectivity index (χ3v) is 5.29. The predicted molar refractivity (Wildman–Crippen MR) is 119 cm³/mol. The summed E-state index contributed by atoms with van der Waals surface area (Å²) in [6, 6.07) is 31.8. The van der Waals surface area contributed by atoms with Crippen molar-refractivity contribution in [1.29, 1.82) is 0 Å². The van der Waals surface area contributed by atoms with Crippen LogP contribution in [-0.2, 0) is 39.8 Å². The molecule has 0 fully saturated rings. The molecular formula is C26H19BN2Y-. The summed E-state index contributed by atoms with van der Waals surface area (Å²) in [5.41, 5.74) is 6.68. The first kappa shape index (κ1) is 22.3. The number of fused-ring (bicyclic) bond motifs is 3. The standard InChI is InChI=1S/C26H19N2.B.Y/c1-18-9-8-14-21(19-10-4-3-5-11-19)24(18)26-23-16-15-20-12-6-7-13-22(20)25(23)27-17-28(26)2;;/h3-10,12-13,15-17H,1-2H3;;/q-1;;. The molecule has 30 heavy (non-hydrogen) atoms. The van der Waals surface area contributed by atoms with E-state index in [1.165, 1.54) is 21.9 Å². The number of hydrogen-bond donors (Lipinski definition) is 0. The molecule has 1 aromatic heterocycles. The predicted octanol–water partition coefficient (Wildman–Crippen LogP) is 5.07. The molecule has 4 heteroatoms. The molecule has 0 spiro atoms. The third-order valence-electron chi connectivity index (χ3n) is 5.29. The van der Waals surface area contributed by atoms with Gasteiger partial charge in [0.2, 0.25) is 0 Å². The molecular weight excluding hydrogens is 440 g/mol. The zero-order chi connectivity index (χ0) is 19.1. The Balaban J connectivity index is 0.00000128. The van der Waals surface area contributed by atoms with Crippen LogP contribution < -0.4 is 4.57 Å². The van der Waals surface area contributed by atoms with E-state index in [4.69, 9.17) is 4.98 Å². The van der Waals surface area contributed by atoms with Crippen molar-refractivity contribution >= 4 is 30.1 Å². The molecule has 0 unspecified atom stereocenters. The molecule has 4 aromatic carbocycles. The van der Waals surface area contributed by atoms with Crippen molar-refractivity contribution < 1.29 is 37.3 Å². The minimum absolute atomic E-state index is 0. The minimum Gasteiger partial charge on any atom is -0.241 e. The van der Waals surface area contributed by atoms with E-state index in [0.717, 1.165) is 27.7 Å². The van der Waals surface area contributed by atoms with E-state index >= 15 is 0 Å². The zero-order valence-electron chi connectivity index (χ0n) is 17.1. The maximum absolute atomic E-state index is 4.77. The zero-order valence-corrected chi connectivity index (χ0v) is 19.9. The molecule has 140 valence electrons. The quantitative estimate of drug-likeness (QED) is 0.156. The van der Waals surface area contributed by atoms with Gasteiger partial charge < -0.3 is 0 Å². The largest absolute Gasteiger partial charge is 0.286 e. The summed E-state index contributed by atoms with van der Waals surface area (Å²) in [6.07, 6.45) is 1.91. The molecule has 0 atom stereocenters. The molecule has 0 N–H and O–H groups in total. The van der Waals surface area contributed by atoms with Gasteiger partial charge in [-0.05, 0) is 22.5 Å². The second kappa shape index (κ2) is 9.20. The van der Waals surface area contributed by atoms with Crippen LogP contribution in [0, 0.1) is 19.1 Å². The molecule has 0 aliphatic rings. The molecule has 2 nitrogen and oxygen atoms in total. The summed E-state index contributed by atoms with van der Waals surface area (Å²) in [4.78, 5) is 4.77. The Labute approximate surface area is 204 Å². The molecule has 5 aromatic rings. The van der Waals surface area contributed by atoms with Gasteiger partial charge in [-0.3, -0.25) is 0 Å². The van der Waals surface area contributed by atoms with Crippen molar-refractivity contribution in [1.82, 2.24) is 4.98 Å². The summed E-state index contributed by atoms with van der Waals surface area (Å²) in [5, 5.41) is 3.52. The number of aryl methyl sites for hydroxylation is 2. The van der Waals surface area contributed by atoms with Gasteiger partial charge in [-0.1, -0.05) is 36.8 Å². The van der Waals surface area contributed by atoms with Crippen molar-refractivity contribution in [2.75, 3.05) is 0 Å². The van der Waals surface area contributed by atoms with Gasteiger partial charge in [0.1, 0.15) is 0 Å². The fourth-order valence-electron chi connectivity index (χ4n) is 3.96. The topological polar surface area (TPSA) is 16.8 Å². The molecule has 0 aliphatic carbocycles. The van der Waals surface area contributed by atoms with Crippen molar-refractivity contribution in [2.24, 2.45) is 7.05 Å². The maximum Gasteiger partial charge on any atom is 0.286 e. The molecule has 0 amide bonds. The Bertz CT molecular complexity index is 1330. The van der Waals surface area contributed by atoms with Crippen LogP contribution >= 0.6 is 0 Å².